The molecule has 0 aliphatic carbocycles. The van der Waals surface area contributed by atoms with Crippen molar-refractivity contribution in [2.45, 2.75) is 73.6 Å². The molecule has 12 nitrogen and oxygen atoms in total. The lowest BCUT2D eigenvalue weighted by Crippen LogP contribution is -2.45. The summed E-state index contributed by atoms with van der Waals surface area (Å²) in [6.07, 6.45) is 3.05. The van der Waals surface area contributed by atoms with E-state index in [0.717, 1.165) is 0 Å². The molecule has 0 aromatic heterocycles. The van der Waals surface area contributed by atoms with E-state index in [2.05, 4.69) is 12.0 Å². The maximum absolute atomic E-state index is 12.0. The summed E-state index contributed by atoms with van der Waals surface area (Å²) in [5, 5.41) is 0. The number of rotatable bonds is 20. The van der Waals surface area contributed by atoms with Gasteiger partial charge in [0, 0.05) is 32.1 Å². The van der Waals surface area contributed by atoms with Crippen LogP contribution in [-0.2, 0) is 57.1 Å². The van der Waals surface area contributed by atoms with Gasteiger partial charge in [-0.3, -0.25) is 24.0 Å². The number of hydrogen-bond acceptors (Lipinski definition) is 12. The Morgan fingerprint density at radius 3 is 1.18 bits per heavy atom. The number of carbonyl (C=O) groups excluding carboxylic acids is 5. The van der Waals surface area contributed by atoms with Crippen molar-refractivity contribution < 1.29 is 57.1 Å². The van der Waals surface area contributed by atoms with E-state index in [1.165, 1.54) is 0 Å². The summed E-state index contributed by atoms with van der Waals surface area (Å²) >= 11 is 0. The van der Waals surface area contributed by atoms with E-state index in [0.29, 0.717) is 0 Å². The van der Waals surface area contributed by atoms with Crippen LogP contribution in [0.2, 0.25) is 0 Å². The Kier molecular flexibility index (Phi) is 18.8. The Hall–Kier alpha value is -3.33. The van der Waals surface area contributed by atoms with Crippen LogP contribution in [0.4, 0.5) is 0 Å². The standard InChI is InChI=1S/C28H44O12/c1-7-22(29)36-17-27(13-14-34-12-6,18-37-23(30)8-2)15-35-16-28(19-38-24(31)9-3,20-39-25(32)10-4)21-40-26(33)11-5/h7-12,15-21H2,1-6H3. The van der Waals surface area contributed by atoms with Crippen LogP contribution < -0.4 is 0 Å². The lowest BCUT2D eigenvalue weighted by Gasteiger charge is -2.34. The normalized spacial score (nSPS) is 10.9. The Morgan fingerprint density at radius 1 is 0.500 bits per heavy atom. The summed E-state index contributed by atoms with van der Waals surface area (Å²) in [5.41, 5.74) is -2.59. The summed E-state index contributed by atoms with van der Waals surface area (Å²) in [6.45, 7) is 8.31. The van der Waals surface area contributed by atoms with E-state index in [1.54, 1.807) is 41.5 Å². The lowest BCUT2D eigenvalue weighted by molar-refractivity contribution is -0.169. The molecule has 12 heteroatoms. The fourth-order valence-corrected chi connectivity index (χ4v) is 2.81. The molecular formula is C28H44O12. The summed E-state index contributed by atoms with van der Waals surface area (Å²) in [6, 6.07) is 0. The predicted octanol–water partition coefficient (Wildman–Crippen LogP) is 2.74. The molecule has 0 aliphatic rings. The molecule has 0 unspecified atom stereocenters. The van der Waals surface area contributed by atoms with E-state index in [-0.39, 0.29) is 85.0 Å². The molecule has 0 fully saturated rings. The van der Waals surface area contributed by atoms with Crippen molar-refractivity contribution in [1.29, 1.82) is 0 Å². The van der Waals surface area contributed by atoms with Crippen LogP contribution in [0.3, 0.4) is 0 Å². The number of hydrogen-bond donors (Lipinski definition) is 0. The highest BCUT2D eigenvalue weighted by atomic mass is 16.6. The first kappa shape index (κ1) is 36.7. The third-order valence-corrected chi connectivity index (χ3v) is 5.40. The van der Waals surface area contributed by atoms with Crippen molar-refractivity contribution in [2.75, 3.05) is 52.9 Å². The van der Waals surface area contributed by atoms with Gasteiger partial charge in [0.1, 0.15) is 44.6 Å². The van der Waals surface area contributed by atoms with Crippen molar-refractivity contribution >= 4 is 29.8 Å². The van der Waals surface area contributed by atoms with Gasteiger partial charge in [-0.25, -0.2) is 0 Å². The van der Waals surface area contributed by atoms with E-state index >= 15 is 0 Å². The molecule has 0 bridgehead atoms. The average molecular weight is 573 g/mol. The van der Waals surface area contributed by atoms with Gasteiger partial charge in [-0.2, -0.15) is 0 Å². The van der Waals surface area contributed by atoms with Crippen LogP contribution in [0.5, 0.6) is 0 Å². The van der Waals surface area contributed by atoms with Gasteiger partial charge < -0.3 is 33.2 Å². The van der Waals surface area contributed by atoms with Gasteiger partial charge in [0.2, 0.25) is 0 Å². The highest BCUT2D eigenvalue weighted by Gasteiger charge is 2.39. The molecule has 40 heavy (non-hydrogen) atoms. The first-order valence-electron chi connectivity index (χ1n) is 13.5. The lowest BCUT2D eigenvalue weighted by atomic mass is 9.90. The van der Waals surface area contributed by atoms with Crippen molar-refractivity contribution in [3.8, 4) is 12.0 Å². The average Bonchev–Trinajstić information content (AvgIpc) is 2.98. The third-order valence-electron chi connectivity index (χ3n) is 5.40. The Morgan fingerprint density at radius 2 is 0.850 bits per heavy atom. The van der Waals surface area contributed by atoms with Gasteiger partial charge in [0.25, 0.3) is 0 Å². The first-order chi connectivity index (χ1) is 19.0. The van der Waals surface area contributed by atoms with Crippen molar-refractivity contribution in [3.63, 3.8) is 0 Å². The molecule has 0 spiro atoms. The smallest absolute Gasteiger partial charge is 0.305 e. The molecule has 0 saturated carbocycles. The zero-order valence-electron chi connectivity index (χ0n) is 24.6. The maximum atomic E-state index is 12.0. The largest absolute Gasteiger partial charge is 0.465 e. The summed E-state index contributed by atoms with van der Waals surface area (Å²) in [4.78, 5) is 59.8. The number of esters is 5. The van der Waals surface area contributed by atoms with Gasteiger partial charge >= 0.3 is 29.8 Å². The Bertz CT molecular complexity index is 800. The molecule has 0 radical (unpaired) electrons. The van der Waals surface area contributed by atoms with Crippen LogP contribution in [0.15, 0.2) is 0 Å². The quantitative estimate of drug-likeness (QED) is 0.120. The summed E-state index contributed by atoms with van der Waals surface area (Å²) in [7, 11) is 0. The van der Waals surface area contributed by atoms with E-state index in [4.69, 9.17) is 33.2 Å². The molecule has 0 aromatic carbocycles. The van der Waals surface area contributed by atoms with Crippen LogP contribution in [-0.4, -0.2) is 82.7 Å². The highest BCUT2D eigenvalue weighted by molar-refractivity contribution is 5.70. The van der Waals surface area contributed by atoms with Crippen LogP contribution in [0.1, 0.15) is 73.6 Å². The monoisotopic (exact) mass is 572 g/mol. The van der Waals surface area contributed by atoms with Crippen molar-refractivity contribution in [2.24, 2.45) is 10.8 Å². The van der Waals surface area contributed by atoms with Gasteiger partial charge in [-0.05, 0) is 12.8 Å². The van der Waals surface area contributed by atoms with Crippen molar-refractivity contribution in [3.05, 3.63) is 0 Å². The molecule has 0 saturated heterocycles. The Balaban J connectivity index is 6.20. The molecular weight excluding hydrogens is 528 g/mol. The minimum atomic E-state index is -1.32. The molecule has 0 amide bonds. The molecule has 0 aromatic rings. The van der Waals surface area contributed by atoms with E-state index < -0.39 is 40.7 Å². The first-order valence-corrected chi connectivity index (χ1v) is 13.5. The predicted molar refractivity (Wildman–Crippen MR) is 141 cm³/mol. The van der Waals surface area contributed by atoms with E-state index in [9.17, 15) is 24.0 Å². The SMILES string of the molecule is CCOC#CC(COCC(COC(=O)CC)(COC(=O)CC)COC(=O)CC)(COC(=O)CC)COC(=O)CC. The van der Waals surface area contributed by atoms with Crippen LogP contribution in [0.25, 0.3) is 0 Å². The third kappa shape index (κ3) is 15.3. The van der Waals surface area contributed by atoms with Crippen LogP contribution >= 0.6 is 0 Å². The molecule has 0 N–H and O–H groups in total. The zero-order valence-corrected chi connectivity index (χ0v) is 24.6. The second kappa shape index (κ2) is 20.6. The maximum Gasteiger partial charge on any atom is 0.305 e. The molecule has 0 heterocycles. The second-order valence-corrected chi connectivity index (χ2v) is 9.00. The molecule has 0 aliphatic heterocycles. The number of carbonyl (C=O) groups is 5. The molecule has 228 valence electrons. The highest BCUT2D eigenvalue weighted by Crippen LogP contribution is 2.25. The topological polar surface area (TPSA) is 150 Å². The Labute approximate surface area is 236 Å². The van der Waals surface area contributed by atoms with Gasteiger partial charge in [-0.1, -0.05) is 34.6 Å². The van der Waals surface area contributed by atoms with Crippen LogP contribution in [0, 0.1) is 22.9 Å². The minimum Gasteiger partial charge on any atom is -0.465 e. The van der Waals surface area contributed by atoms with E-state index in [1.807, 2.05) is 0 Å². The summed E-state index contributed by atoms with van der Waals surface area (Å²) in [5.74, 6) is 0.322. The fraction of sp³-hybridized carbons (Fsp3) is 0.750. The minimum absolute atomic E-state index is 0.0994. The van der Waals surface area contributed by atoms with Gasteiger partial charge in [0.15, 0.2) is 0 Å². The van der Waals surface area contributed by atoms with Gasteiger partial charge in [0.05, 0.1) is 25.2 Å². The molecule has 0 atom stereocenters. The molecule has 0 rings (SSSR count). The number of ether oxygens (including phenoxy) is 7. The summed E-state index contributed by atoms with van der Waals surface area (Å²) < 4.78 is 37.9. The van der Waals surface area contributed by atoms with Gasteiger partial charge in [-0.15, -0.1) is 0 Å². The second-order valence-electron chi connectivity index (χ2n) is 9.00. The fourth-order valence-electron chi connectivity index (χ4n) is 2.81. The van der Waals surface area contributed by atoms with Crippen molar-refractivity contribution in [1.82, 2.24) is 0 Å². The zero-order chi connectivity index (χ0) is 30.4.